The van der Waals surface area contributed by atoms with E-state index < -0.39 is 0 Å². The molecule has 2 N–H and O–H groups in total. The number of methoxy groups -OCH3 is 2. The van der Waals surface area contributed by atoms with Gasteiger partial charge in [0.05, 0.1) is 26.3 Å². The number of hydrogen-bond acceptors (Lipinski definition) is 6. The van der Waals surface area contributed by atoms with Gasteiger partial charge in [-0.2, -0.15) is 0 Å². The Labute approximate surface area is 171 Å². The van der Waals surface area contributed by atoms with Gasteiger partial charge in [-0.25, -0.2) is 4.98 Å². The number of ether oxygens (including phenoxy) is 2. The molecule has 0 spiro atoms. The van der Waals surface area contributed by atoms with Crippen molar-refractivity contribution in [2.75, 3.05) is 44.1 Å². The zero-order valence-corrected chi connectivity index (χ0v) is 16.8. The van der Waals surface area contributed by atoms with Crippen LogP contribution in [-0.4, -0.2) is 50.8 Å². The maximum Gasteiger partial charge on any atom is 0.253 e. The number of nitrogens with one attached hydrogen (secondary N) is 2. The molecule has 0 bridgehead atoms. The average molecular weight is 394 g/mol. The average Bonchev–Trinajstić information content (AvgIpc) is 2.77. The lowest BCUT2D eigenvalue weighted by Gasteiger charge is -2.33. The molecule has 7 nitrogen and oxygen atoms in total. The molecule has 1 amide bonds. The molecule has 0 unspecified atom stereocenters. The predicted molar refractivity (Wildman–Crippen MR) is 114 cm³/mol. The van der Waals surface area contributed by atoms with Crippen LogP contribution in [0.15, 0.2) is 36.5 Å². The third-order valence-corrected chi connectivity index (χ3v) is 4.90. The Balaban J connectivity index is 1.55. The van der Waals surface area contributed by atoms with Crippen LogP contribution in [0, 0.1) is 12.3 Å². The largest absolute Gasteiger partial charge is 0.497 e. The Morgan fingerprint density at radius 2 is 1.90 bits per heavy atom. The van der Waals surface area contributed by atoms with E-state index in [4.69, 9.17) is 15.9 Å². The number of anilines is 2. The van der Waals surface area contributed by atoms with Gasteiger partial charge in [0.1, 0.15) is 17.3 Å². The molecule has 1 fully saturated rings. The van der Waals surface area contributed by atoms with Crippen LogP contribution in [0.25, 0.3) is 0 Å². The van der Waals surface area contributed by atoms with Crippen LogP contribution in [0.1, 0.15) is 23.2 Å². The lowest BCUT2D eigenvalue weighted by Crippen LogP contribution is -2.39. The molecule has 2 aromatic rings. The number of carbonyl (C=O) groups excluding carboxylic acids is 1. The van der Waals surface area contributed by atoms with Gasteiger partial charge >= 0.3 is 0 Å². The molecular formula is C22H26N4O3. The van der Waals surface area contributed by atoms with E-state index >= 15 is 0 Å². The summed E-state index contributed by atoms with van der Waals surface area (Å²) >= 11 is 0. The molecule has 1 saturated heterocycles. The molecule has 0 atom stereocenters. The number of terminal acetylenes is 1. The van der Waals surface area contributed by atoms with Crippen molar-refractivity contribution in [3.8, 4) is 23.8 Å². The van der Waals surface area contributed by atoms with Crippen molar-refractivity contribution in [3.05, 3.63) is 42.1 Å². The SMILES string of the molecule is C#CCNC(=O)c1ccc(N2CCC(Nc3cc(OC)cc(OC)c3)CC2)nc1. The number of rotatable bonds is 7. The Kier molecular flexibility index (Phi) is 6.80. The fourth-order valence-corrected chi connectivity index (χ4v) is 3.32. The number of hydrogen-bond donors (Lipinski definition) is 2. The molecule has 0 saturated carbocycles. The van der Waals surface area contributed by atoms with Gasteiger partial charge in [0.25, 0.3) is 5.91 Å². The minimum Gasteiger partial charge on any atom is -0.497 e. The van der Waals surface area contributed by atoms with E-state index in [1.54, 1.807) is 26.5 Å². The Morgan fingerprint density at radius 3 is 2.45 bits per heavy atom. The fourth-order valence-electron chi connectivity index (χ4n) is 3.32. The highest BCUT2D eigenvalue weighted by Crippen LogP contribution is 2.28. The molecular weight excluding hydrogens is 368 g/mol. The summed E-state index contributed by atoms with van der Waals surface area (Å²) in [5, 5.41) is 6.21. The number of amides is 1. The third kappa shape index (κ3) is 5.32. The van der Waals surface area contributed by atoms with Crippen molar-refractivity contribution in [3.63, 3.8) is 0 Å². The first-order chi connectivity index (χ1) is 14.1. The second-order valence-corrected chi connectivity index (χ2v) is 6.80. The molecule has 3 rings (SSSR count). The monoisotopic (exact) mass is 394 g/mol. The zero-order chi connectivity index (χ0) is 20.6. The lowest BCUT2D eigenvalue weighted by atomic mass is 10.0. The summed E-state index contributed by atoms with van der Waals surface area (Å²) < 4.78 is 10.7. The second-order valence-electron chi connectivity index (χ2n) is 6.80. The minimum atomic E-state index is -0.210. The van der Waals surface area contributed by atoms with Gasteiger partial charge in [0.2, 0.25) is 0 Å². The molecule has 1 aromatic heterocycles. The van der Waals surface area contributed by atoms with Crippen LogP contribution >= 0.6 is 0 Å². The van der Waals surface area contributed by atoms with Gasteiger partial charge in [-0.05, 0) is 25.0 Å². The number of nitrogens with zero attached hydrogens (tertiary/aromatic N) is 2. The van der Waals surface area contributed by atoms with E-state index in [0.29, 0.717) is 11.6 Å². The van der Waals surface area contributed by atoms with Crippen LogP contribution in [0.5, 0.6) is 11.5 Å². The van der Waals surface area contributed by atoms with E-state index in [0.717, 1.165) is 48.9 Å². The summed E-state index contributed by atoms with van der Waals surface area (Å²) in [6.45, 7) is 1.98. The van der Waals surface area contributed by atoms with Crippen LogP contribution in [-0.2, 0) is 0 Å². The van der Waals surface area contributed by atoms with E-state index in [-0.39, 0.29) is 12.5 Å². The second kappa shape index (κ2) is 9.69. The number of benzene rings is 1. The number of aromatic nitrogens is 1. The number of pyridine rings is 1. The van der Waals surface area contributed by atoms with Crippen molar-refractivity contribution in [1.82, 2.24) is 10.3 Å². The molecule has 29 heavy (non-hydrogen) atoms. The summed E-state index contributed by atoms with van der Waals surface area (Å²) in [6.07, 6.45) is 8.71. The van der Waals surface area contributed by atoms with Crippen LogP contribution in [0.4, 0.5) is 11.5 Å². The third-order valence-electron chi connectivity index (χ3n) is 4.90. The normalized spacial score (nSPS) is 14.0. The van der Waals surface area contributed by atoms with Crippen molar-refractivity contribution >= 4 is 17.4 Å². The molecule has 2 heterocycles. The molecule has 0 aliphatic carbocycles. The van der Waals surface area contributed by atoms with E-state index in [2.05, 4.69) is 26.4 Å². The molecule has 0 radical (unpaired) electrons. The van der Waals surface area contributed by atoms with Crippen molar-refractivity contribution < 1.29 is 14.3 Å². The van der Waals surface area contributed by atoms with Crippen molar-refractivity contribution in [2.24, 2.45) is 0 Å². The van der Waals surface area contributed by atoms with Gasteiger partial charge in [0, 0.05) is 49.2 Å². The predicted octanol–water partition coefficient (Wildman–Crippen LogP) is 2.54. The standard InChI is InChI=1S/C22H26N4O3/c1-4-9-23-22(27)16-5-6-21(24-15-16)26-10-7-17(8-11-26)25-18-12-19(28-2)14-20(13-18)29-3/h1,5-6,12-15,17,25H,7-11H2,2-3H3,(H,23,27). The van der Waals surface area contributed by atoms with E-state index in [9.17, 15) is 4.79 Å². The first-order valence-corrected chi connectivity index (χ1v) is 9.55. The maximum absolute atomic E-state index is 11.9. The molecule has 1 aliphatic rings. The van der Waals surface area contributed by atoms with Crippen molar-refractivity contribution in [2.45, 2.75) is 18.9 Å². The first-order valence-electron chi connectivity index (χ1n) is 9.55. The quantitative estimate of drug-likeness (QED) is 0.703. The van der Waals surface area contributed by atoms with Crippen LogP contribution in [0.2, 0.25) is 0 Å². The lowest BCUT2D eigenvalue weighted by molar-refractivity contribution is 0.0958. The highest BCUT2D eigenvalue weighted by atomic mass is 16.5. The zero-order valence-electron chi connectivity index (χ0n) is 16.8. The molecule has 7 heteroatoms. The molecule has 152 valence electrons. The number of piperidine rings is 1. The highest BCUT2D eigenvalue weighted by molar-refractivity contribution is 5.94. The van der Waals surface area contributed by atoms with Crippen molar-refractivity contribution in [1.29, 1.82) is 0 Å². The summed E-state index contributed by atoms with van der Waals surface area (Å²) in [5.41, 5.74) is 1.49. The van der Waals surface area contributed by atoms with Gasteiger partial charge < -0.3 is 25.0 Å². The maximum atomic E-state index is 11.9. The highest BCUT2D eigenvalue weighted by Gasteiger charge is 2.20. The van der Waals surface area contributed by atoms with Crippen LogP contribution in [0.3, 0.4) is 0 Å². The number of carbonyl (C=O) groups is 1. The Bertz CT molecular complexity index is 846. The topological polar surface area (TPSA) is 75.7 Å². The van der Waals surface area contributed by atoms with Gasteiger partial charge in [-0.3, -0.25) is 4.79 Å². The van der Waals surface area contributed by atoms with E-state index in [1.807, 2.05) is 24.3 Å². The summed E-state index contributed by atoms with van der Waals surface area (Å²) in [6, 6.07) is 9.82. The van der Waals surface area contributed by atoms with Gasteiger partial charge in [0.15, 0.2) is 0 Å². The molecule has 1 aliphatic heterocycles. The summed E-state index contributed by atoms with van der Waals surface area (Å²) in [5.74, 6) is 4.58. The summed E-state index contributed by atoms with van der Waals surface area (Å²) in [7, 11) is 3.29. The summed E-state index contributed by atoms with van der Waals surface area (Å²) in [4.78, 5) is 18.6. The minimum absolute atomic E-state index is 0.209. The van der Waals surface area contributed by atoms with Gasteiger partial charge in [-0.1, -0.05) is 5.92 Å². The first kappa shape index (κ1) is 20.3. The Hall–Kier alpha value is -3.40. The van der Waals surface area contributed by atoms with Crippen LogP contribution < -0.4 is 25.0 Å². The van der Waals surface area contributed by atoms with E-state index in [1.165, 1.54) is 0 Å². The Morgan fingerprint density at radius 1 is 1.21 bits per heavy atom. The van der Waals surface area contributed by atoms with Gasteiger partial charge in [-0.15, -0.1) is 6.42 Å². The fraction of sp³-hybridized carbons (Fsp3) is 0.364. The smallest absolute Gasteiger partial charge is 0.253 e. The molecule has 1 aromatic carbocycles.